The van der Waals surface area contributed by atoms with Gasteiger partial charge in [-0.1, -0.05) is 23.7 Å². The number of carbonyl (C=O) groups is 1. The topological polar surface area (TPSA) is 64.1 Å². The third-order valence-electron chi connectivity index (χ3n) is 2.78. The number of nitrogens with one attached hydrogen (secondary N) is 1. The van der Waals surface area contributed by atoms with E-state index in [1.54, 1.807) is 0 Å². The predicted octanol–water partition coefficient (Wildman–Crippen LogP) is 3.09. The van der Waals surface area contributed by atoms with Crippen LogP contribution < -0.4 is 5.32 Å². The Labute approximate surface area is 122 Å². The summed E-state index contributed by atoms with van der Waals surface area (Å²) in [6, 6.07) is 7.60. The van der Waals surface area contributed by atoms with Crippen LogP contribution in [-0.2, 0) is 4.74 Å². The largest absolute Gasteiger partial charge is 0.464 e. The number of anilines is 1. The molecular formula is C14H14ClN3O2. The summed E-state index contributed by atoms with van der Waals surface area (Å²) < 4.78 is 4.56. The Morgan fingerprint density at radius 1 is 1.25 bits per heavy atom. The van der Waals surface area contributed by atoms with Crippen LogP contribution in [0, 0.1) is 0 Å². The van der Waals surface area contributed by atoms with Crippen molar-refractivity contribution in [2.24, 2.45) is 0 Å². The molecule has 0 aliphatic carbocycles. The Morgan fingerprint density at radius 2 is 1.95 bits per heavy atom. The molecule has 1 atom stereocenters. The molecule has 1 N–H and O–H groups in total. The van der Waals surface area contributed by atoms with E-state index in [-0.39, 0.29) is 11.7 Å². The highest BCUT2D eigenvalue weighted by Gasteiger charge is 2.09. The van der Waals surface area contributed by atoms with Gasteiger partial charge in [0.25, 0.3) is 0 Å². The van der Waals surface area contributed by atoms with Crippen LogP contribution in [0.4, 0.5) is 5.82 Å². The molecule has 0 amide bonds. The molecule has 0 aliphatic heterocycles. The van der Waals surface area contributed by atoms with Gasteiger partial charge in [-0.3, -0.25) is 0 Å². The van der Waals surface area contributed by atoms with Crippen LogP contribution in [-0.4, -0.2) is 23.0 Å². The second kappa shape index (κ2) is 6.34. The third-order valence-corrected chi connectivity index (χ3v) is 3.03. The van der Waals surface area contributed by atoms with Gasteiger partial charge in [-0.15, -0.1) is 0 Å². The van der Waals surface area contributed by atoms with Crippen molar-refractivity contribution in [2.75, 3.05) is 12.4 Å². The van der Waals surface area contributed by atoms with Gasteiger partial charge in [0.15, 0.2) is 5.69 Å². The quantitative estimate of drug-likeness (QED) is 0.877. The van der Waals surface area contributed by atoms with Crippen LogP contribution in [0.25, 0.3) is 0 Å². The van der Waals surface area contributed by atoms with Crippen molar-refractivity contribution in [1.29, 1.82) is 0 Å². The van der Waals surface area contributed by atoms with Crippen LogP contribution >= 0.6 is 11.6 Å². The fourth-order valence-corrected chi connectivity index (χ4v) is 1.80. The molecule has 104 valence electrons. The molecule has 0 saturated carbocycles. The molecule has 1 aromatic heterocycles. The minimum absolute atomic E-state index is 0.0468. The molecular weight excluding hydrogens is 278 g/mol. The zero-order valence-corrected chi connectivity index (χ0v) is 11.9. The fraction of sp³-hybridized carbons (Fsp3) is 0.214. The maximum Gasteiger partial charge on any atom is 0.358 e. The van der Waals surface area contributed by atoms with Gasteiger partial charge in [-0.25, -0.2) is 14.8 Å². The average molecular weight is 292 g/mol. The van der Waals surface area contributed by atoms with E-state index in [2.05, 4.69) is 20.0 Å². The molecule has 1 aromatic carbocycles. The second-order valence-electron chi connectivity index (χ2n) is 4.20. The number of nitrogens with zero attached hydrogens (tertiary/aromatic N) is 2. The van der Waals surface area contributed by atoms with E-state index in [1.807, 2.05) is 31.2 Å². The lowest BCUT2D eigenvalue weighted by atomic mass is 10.1. The molecule has 5 nitrogen and oxygen atoms in total. The molecule has 0 aliphatic rings. The summed E-state index contributed by atoms with van der Waals surface area (Å²) in [6.45, 7) is 2.00. The summed E-state index contributed by atoms with van der Waals surface area (Å²) >= 11 is 5.85. The Hall–Kier alpha value is -2.14. The van der Waals surface area contributed by atoms with Crippen molar-refractivity contribution in [3.8, 4) is 0 Å². The summed E-state index contributed by atoms with van der Waals surface area (Å²) in [5, 5.41) is 3.89. The normalized spacial score (nSPS) is 11.8. The first-order valence-corrected chi connectivity index (χ1v) is 6.40. The first-order chi connectivity index (χ1) is 9.60. The number of halogens is 1. The smallest absolute Gasteiger partial charge is 0.358 e. The number of rotatable bonds is 4. The standard InChI is InChI=1S/C14H14ClN3O2/c1-9(10-3-5-11(15)6-4-10)18-13-8-16-12(7-17-13)14(19)20-2/h3-9H,1-2H3,(H,17,18). The third kappa shape index (κ3) is 3.45. The number of carbonyl (C=O) groups excluding carboxylic acids is 1. The van der Waals surface area contributed by atoms with E-state index in [0.717, 1.165) is 5.56 Å². The van der Waals surface area contributed by atoms with Gasteiger partial charge in [0.1, 0.15) is 5.82 Å². The molecule has 0 radical (unpaired) electrons. The Balaban J connectivity index is 2.06. The van der Waals surface area contributed by atoms with Crippen molar-refractivity contribution < 1.29 is 9.53 Å². The zero-order chi connectivity index (χ0) is 14.5. The van der Waals surface area contributed by atoms with E-state index in [1.165, 1.54) is 19.5 Å². The molecule has 20 heavy (non-hydrogen) atoms. The van der Waals surface area contributed by atoms with Crippen molar-refractivity contribution in [3.63, 3.8) is 0 Å². The molecule has 1 heterocycles. The van der Waals surface area contributed by atoms with Gasteiger partial charge < -0.3 is 10.1 Å². The average Bonchev–Trinajstić information content (AvgIpc) is 2.48. The van der Waals surface area contributed by atoms with Gasteiger partial charge >= 0.3 is 5.97 Å². The van der Waals surface area contributed by atoms with Crippen LogP contribution in [0.15, 0.2) is 36.7 Å². The Morgan fingerprint density at radius 3 is 2.50 bits per heavy atom. The van der Waals surface area contributed by atoms with Gasteiger partial charge in [-0.2, -0.15) is 0 Å². The maximum atomic E-state index is 11.2. The summed E-state index contributed by atoms with van der Waals surface area (Å²) in [6.07, 6.45) is 2.88. The SMILES string of the molecule is COC(=O)c1cnc(NC(C)c2ccc(Cl)cc2)cn1. The molecule has 0 fully saturated rings. The zero-order valence-electron chi connectivity index (χ0n) is 11.1. The lowest BCUT2D eigenvalue weighted by Crippen LogP contribution is -2.10. The van der Waals surface area contributed by atoms with Crippen LogP contribution in [0.3, 0.4) is 0 Å². The van der Waals surface area contributed by atoms with E-state index >= 15 is 0 Å². The molecule has 0 bridgehead atoms. The maximum absolute atomic E-state index is 11.2. The molecule has 2 aromatic rings. The van der Waals surface area contributed by atoms with Crippen LogP contribution in [0.5, 0.6) is 0 Å². The van der Waals surface area contributed by atoms with E-state index in [4.69, 9.17) is 11.6 Å². The summed E-state index contributed by atoms with van der Waals surface area (Å²) in [4.78, 5) is 19.4. The molecule has 6 heteroatoms. The highest BCUT2D eigenvalue weighted by Crippen LogP contribution is 2.19. The van der Waals surface area contributed by atoms with Crippen molar-refractivity contribution in [2.45, 2.75) is 13.0 Å². The second-order valence-corrected chi connectivity index (χ2v) is 4.63. The van der Waals surface area contributed by atoms with Crippen molar-refractivity contribution in [3.05, 3.63) is 52.9 Å². The van der Waals surface area contributed by atoms with E-state index in [0.29, 0.717) is 10.8 Å². The number of hydrogen-bond donors (Lipinski definition) is 1. The summed E-state index contributed by atoms with van der Waals surface area (Å²) in [7, 11) is 1.30. The van der Waals surface area contributed by atoms with E-state index in [9.17, 15) is 4.79 Å². The summed E-state index contributed by atoms with van der Waals surface area (Å²) in [5.74, 6) is 0.0786. The van der Waals surface area contributed by atoms with Gasteiger partial charge in [-0.05, 0) is 24.6 Å². The highest BCUT2D eigenvalue weighted by molar-refractivity contribution is 6.30. The van der Waals surface area contributed by atoms with Gasteiger partial charge in [0.05, 0.1) is 19.5 Å². The first kappa shape index (κ1) is 14.3. The highest BCUT2D eigenvalue weighted by atomic mass is 35.5. The minimum Gasteiger partial charge on any atom is -0.464 e. The number of aromatic nitrogens is 2. The number of benzene rings is 1. The molecule has 0 saturated heterocycles. The van der Waals surface area contributed by atoms with Gasteiger partial charge in [0.2, 0.25) is 0 Å². The van der Waals surface area contributed by atoms with Crippen molar-refractivity contribution >= 4 is 23.4 Å². The first-order valence-electron chi connectivity index (χ1n) is 6.02. The lowest BCUT2D eigenvalue weighted by Gasteiger charge is -2.14. The van der Waals surface area contributed by atoms with Gasteiger partial charge in [0, 0.05) is 11.1 Å². The molecule has 1 unspecified atom stereocenters. The van der Waals surface area contributed by atoms with Crippen molar-refractivity contribution in [1.82, 2.24) is 9.97 Å². The Kier molecular flexibility index (Phi) is 4.53. The number of ether oxygens (including phenoxy) is 1. The molecule has 0 spiro atoms. The molecule has 2 rings (SSSR count). The summed E-state index contributed by atoms with van der Waals surface area (Å²) in [5.41, 5.74) is 1.26. The fourth-order valence-electron chi connectivity index (χ4n) is 1.67. The number of esters is 1. The number of hydrogen-bond acceptors (Lipinski definition) is 5. The number of methoxy groups -OCH3 is 1. The van der Waals surface area contributed by atoms with Crippen LogP contribution in [0.1, 0.15) is 29.0 Å². The minimum atomic E-state index is -0.505. The monoisotopic (exact) mass is 291 g/mol. The Bertz CT molecular complexity index is 584. The predicted molar refractivity (Wildman–Crippen MR) is 76.9 cm³/mol. The lowest BCUT2D eigenvalue weighted by molar-refractivity contribution is 0.0593. The van der Waals surface area contributed by atoms with E-state index < -0.39 is 5.97 Å². The van der Waals surface area contributed by atoms with Crippen LogP contribution in [0.2, 0.25) is 5.02 Å².